The fraction of sp³-hybridized carbons (Fsp3) is 0.0556. The molecule has 0 aromatic heterocycles. The average molecular weight is 477 g/mol. The summed E-state index contributed by atoms with van der Waals surface area (Å²) in [5, 5.41) is 29.7. The molecule has 0 fully saturated rings. The Hall–Kier alpha value is -2.81. The predicted molar refractivity (Wildman–Crippen MR) is 103 cm³/mol. The number of nitriles is 2. The SMILES string of the molecule is N#CCOc1c(Br)cc(/C=C(\C#N)C(=O)Nc2ccc(O)cc2)cc1Br. The van der Waals surface area contributed by atoms with Crippen molar-refractivity contribution in [3.63, 3.8) is 0 Å². The summed E-state index contributed by atoms with van der Waals surface area (Å²) in [6, 6.07) is 13.0. The molecule has 0 atom stereocenters. The molecule has 26 heavy (non-hydrogen) atoms. The van der Waals surface area contributed by atoms with Crippen LogP contribution in [0.4, 0.5) is 5.69 Å². The molecular weight excluding hydrogens is 466 g/mol. The molecule has 6 nitrogen and oxygen atoms in total. The number of anilines is 1. The molecule has 0 aliphatic carbocycles. The van der Waals surface area contributed by atoms with Crippen LogP contribution < -0.4 is 10.1 Å². The van der Waals surface area contributed by atoms with E-state index in [1.54, 1.807) is 12.1 Å². The molecule has 130 valence electrons. The van der Waals surface area contributed by atoms with Gasteiger partial charge in [-0.25, -0.2) is 0 Å². The summed E-state index contributed by atoms with van der Waals surface area (Å²) in [7, 11) is 0. The number of phenols is 1. The molecule has 2 rings (SSSR count). The van der Waals surface area contributed by atoms with E-state index in [2.05, 4.69) is 37.2 Å². The lowest BCUT2D eigenvalue weighted by atomic mass is 10.1. The van der Waals surface area contributed by atoms with Gasteiger partial charge < -0.3 is 15.2 Å². The summed E-state index contributed by atoms with van der Waals surface area (Å²) < 4.78 is 6.45. The maximum Gasteiger partial charge on any atom is 0.266 e. The number of hydrogen-bond donors (Lipinski definition) is 2. The molecule has 0 aliphatic heterocycles. The van der Waals surface area contributed by atoms with Gasteiger partial charge in [-0.2, -0.15) is 10.5 Å². The normalized spacial score (nSPS) is 10.5. The van der Waals surface area contributed by atoms with Gasteiger partial charge in [0.1, 0.15) is 29.2 Å². The summed E-state index contributed by atoms with van der Waals surface area (Å²) in [5.74, 6) is -0.0431. The Balaban J connectivity index is 2.25. The number of nitrogens with zero attached hydrogens (tertiary/aromatic N) is 2. The molecule has 2 aromatic carbocycles. The molecule has 0 saturated heterocycles. The van der Waals surface area contributed by atoms with E-state index < -0.39 is 5.91 Å². The largest absolute Gasteiger partial charge is 0.508 e. The van der Waals surface area contributed by atoms with Crippen LogP contribution in [0.1, 0.15) is 5.56 Å². The molecular formula is C18H11Br2N3O3. The molecule has 0 spiro atoms. The average Bonchev–Trinajstić information content (AvgIpc) is 2.61. The maximum atomic E-state index is 12.3. The fourth-order valence-electron chi connectivity index (χ4n) is 1.96. The molecule has 0 radical (unpaired) electrons. The first-order valence-electron chi connectivity index (χ1n) is 7.15. The van der Waals surface area contributed by atoms with Gasteiger partial charge in [0, 0.05) is 5.69 Å². The minimum Gasteiger partial charge on any atom is -0.508 e. The highest BCUT2D eigenvalue weighted by molar-refractivity contribution is 9.11. The summed E-state index contributed by atoms with van der Waals surface area (Å²) in [5.41, 5.74) is 0.949. The molecule has 0 saturated carbocycles. The third-order valence-electron chi connectivity index (χ3n) is 3.10. The van der Waals surface area contributed by atoms with Crippen LogP contribution in [0, 0.1) is 22.7 Å². The number of rotatable bonds is 5. The van der Waals surface area contributed by atoms with Crippen LogP contribution in [0.5, 0.6) is 11.5 Å². The molecule has 2 aromatic rings. The molecule has 1 amide bonds. The zero-order valence-electron chi connectivity index (χ0n) is 13.2. The smallest absolute Gasteiger partial charge is 0.266 e. The van der Waals surface area contributed by atoms with Gasteiger partial charge >= 0.3 is 0 Å². The van der Waals surface area contributed by atoms with Crippen LogP contribution >= 0.6 is 31.9 Å². The second-order valence-electron chi connectivity index (χ2n) is 4.93. The number of halogens is 2. The van der Waals surface area contributed by atoms with Crippen molar-refractivity contribution in [3.05, 3.63) is 56.5 Å². The predicted octanol–water partition coefficient (Wildman–Crippen LogP) is 4.37. The quantitative estimate of drug-likeness (QED) is 0.378. The van der Waals surface area contributed by atoms with Crippen molar-refractivity contribution < 1.29 is 14.6 Å². The first kappa shape index (κ1) is 19.5. The minimum atomic E-state index is -0.574. The Bertz CT molecular complexity index is 919. The second-order valence-corrected chi connectivity index (χ2v) is 6.64. The Kier molecular flexibility index (Phi) is 6.79. The zero-order valence-corrected chi connectivity index (χ0v) is 16.3. The molecule has 8 heteroatoms. The van der Waals surface area contributed by atoms with E-state index in [4.69, 9.17) is 10.00 Å². The summed E-state index contributed by atoms with van der Waals surface area (Å²) >= 11 is 6.67. The number of amides is 1. The van der Waals surface area contributed by atoms with Gasteiger partial charge in [0.2, 0.25) is 0 Å². The number of ether oxygens (including phenoxy) is 1. The summed E-state index contributed by atoms with van der Waals surface area (Å²) in [4.78, 5) is 12.3. The van der Waals surface area contributed by atoms with E-state index in [9.17, 15) is 15.2 Å². The van der Waals surface area contributed by atoms with Gasteiger partial charge in [-0.3, -0.25) is 4.79 Å². The monoisotopic (exact) mass is 475 g/mol. The van der Waals surface area contributed by atoms with Crippen molar-refractivity contribution in [1.29, 1.82) is 10.5 Å². The molecule has 0 bridgehead atoms. The van der Waals surface area contributed by atoms with E-state index in [1.807, 2.05) is 12.1 Å². The van der Waals surface area contributed by atoms with Gasteiger partial charge in [-0.1, -0.05) is 0 Å². The van der Waals surface area contributed by atoms with Crippen LogP contribution in [0.25, 0.3) is 6.08 Å². The van der Waals surface area contributed by atoms with E-state index in [0.29, 0.717) is 25.9 Å². The van der Waals surface area contributed by atoms with Crippen molar-refractivity contribution in [2.45, 2.75) is 0 Å². The van der Waals surface area contributed by atoms with Crippen LogP contribution in [0.15, 0.2) is 50.9 Å². The number of phenolic OH excluding ortho intramolecular Hbond substituents is 1. The van der Waals surface area contributed by atoms with Gasteiger partial charge in [-0.05, 0) is 79.9 Å². The lowest BCUT2D eigenvalue weighted by Gasteiger charge is -2.09. The van der Waals surface area contributed by atoms with Gasteiger partial charge in [0.15, 0.2) is 6.61 Å². The second kappa shape index (κ2) is 9.04. The Morgan fingerprint density at radius 3 is 2.35 bits per heavy atom. The number of benzene rings is 2. The van der Waals surface area contributed by atoms with Crippen molar-refractivity contribution in [2.75, 3.05) is 11.9 Å². The van der Waals surface area contributed by atoms with Crippen molar-refractivity contribution in [2.24, 2.45) is 0 Å². The standard InChI is InChI=1S/C18H11Br2N3O3/c19-15-8-11(9-16(20)17(15)26-6-5-21)7-12(10-22)18(25)23-13-1-3-14(24)4-2-13/h1-4,7-9,24H,6H2,(H,23,25)/b12-7+. The Labute approximate surface area is 166 Å². The maximum absolute atomic E-state index is 12.3. The number of aromatic hydroxyl groups is 1. The Morgan fingerprint density at radius 1 is 1.19 bits per heavy atom. The van der Waals surface area contributed by atoms with Gasteiger partial charge in [-0.15, -0.1) is 0 Å². The van der Waals surface area contributed by atoms with Crippen molar-refractivity contribution >= 4 is 49.5 Å². The van der Waals surface area contributed by atoms with E-state index in [-0.39, 0.29) is 17.9 Å². The van der Waals surface area contributed by atoms with Gasteiger partial charge in [0.25, 0.3) is 5.91 Å². The van der Waals surface area contributed by atoms with Gasteiger partial charge in [0.05, 0.1) is 8.95 Å². The molecule has 2 N–H and O–H groups in total. The highest BCUT2D eigenvalue weighted by Crippen LogP contribution is 2.35. The van der Waals surface area contributed by atoms with Crippen LogP contribution in [0.3, 0.4) is 0 Å². The number of hydrogen-bond acceptors (Lipinski definition) is 5. The van der Waals surface area contributed by atoms with E-state index in [0.717, 1.165) is 0 Å². The fourth-order valence-corrected chi connectivity index (χ4v) is 3.41. The molecule has 0 heterocycles. The molecule has 0 aliphatic rings. The molecule has 0 unspecified atom stereocenters. The first-order chi connectivity index (χ1) is 12.4. The van der Waals surface area contributed by atoms with E-state index in [1.165, 1.54) is 30.3 Å². The van der Waals surface area contributed by atoms with Crippen molar-refractivity contribution in [3.8, 4) is 23.6 Å². The third kappa shape index (κ3) is 5.09. The number of carbonyl (C=O) groups excluding carboxylic acids is 1. The number of carbonyl (C=O) groups is 1. The Morgan fingerprint density at radius 2 is 1.81 bits per heavy atom. The lowest BCUT2D eigenvalue weighted by Crippen LogP contribution is -2.13. The third-order valence-corrected chi connectivity index (χ3v) is 4.28. The first-order valence-corrected chi connectivity index (χ1v) is 8.74. The number of nitrogens with one attached hydrogen (secondary N) is 1. The van der Waals surface area contributed by atoms with Crippen LogP contribution in [0.2, 0.25) is 0 Å². The van der Waals surface area contributed by atoms with E-state index >= 15 is 0 Å². The van der Waals surface area contributed by atoms with Crippen LogP contribution in [-0.2, 0) is 4.79 Å². The highest BCUT2D eigenvalue weighted by atomic mass is 79.9. The summed E-state index contributed by atoms with van der Waals surface area (Å²) in [6.45, 7) is -0.106. The lowest BCUT2D eigenvalue weighted by molar-refractivity contribution is -0.112. The van der Waals surface area contributed by atoms with Crippen molar-refractivity contribution in [1.82, 2.24) is 0 Å². The van der Waals surface area contributed by atoms with Crippen LogP contribution in [-0.4, -0.2) is 17.6 Å². The summed E-state index contributed by atoms with van der Waals surface area (Å²) in [6.07, 6.45) is 1.43. The minimum absolute atomic E-state index is 0.0763. The highest BCUT2D eigenvalue weighted by Gasteiger charge is 2.12. The topological polar surface area (TPSA) is 106 Å². The zero-order chi connectivity index (χ0) is 19.1.